The molecular weight excluding hydrogens is 490 g/mol. The molecule has 37 heavy (non-hydrogen) atoms. The first-order valence-electron chi connectivity index (χ1n) is 12.6. The molecule has 2 aromatic heterocycles. The minimum atomic E-state index is -0.750. The third-order valence-electron chi connectivity index (χ3n) is 6.25. The number of amides is 1. The summed E-state index contributed by atoms with van der Waals surface area (Å²) in [5.74, 6) is 0.934. The van der Waals surface area contributed by atoms with Gasteiger partial charge in [-0.05, 0) is 43.2 Å². The van der Waals surface area contributed by atoms with Crippen molar-refractivity contribution in [3.8, 4) is 11.5 Å². The summed E-state index contributed by atoms with van der Waals surface area (Å²) in [6.45, 7) is 9.06. The van der Waals surface area contributed by atoms with E-state index in [4.69, 9.17) is 13.9 Å². The van der Waals surface area contributed by atoms with Gasteiger partial charge in [0.25, 0.3) is 5.91 Å². The van der Waals surface area contributed by atoms with Crippen molar-refractivity contribution in [1.29, 1.82) is 0 Å². The maximum absolute atomic E-state index is 13.8. The standard InChI is InChI=1S/C28H29N3O5S/c1-5-7-14-35-20-13-12-17(15-21(20)34-6-2)23-22-24(32)18-10-8-9-11-19(18)36-25(22)27(33)31(23)28-30-29-26(37-28)16(3)4/h8-13,15-16,23H,5-7,14H2,1-4H3/t23-/m1/s1. The van der Waals surface area contributed by atoms with Crippen LogP contribution in [0.5, 0.6) is 11.5 Å². The summed E-state index contributed by atoms with van der Waals surface area (Å²) in [7, 11) is 0. The number of ether oxygens (including phenoxy) is 2. The fourth-order valence-corrected chi connectivity index (χ4v) is 5.27. The minimum absolute atomic E-state index is 0.0243. The summed E-state index contributed by atoms with van der Waals surface area (Å²) >= 11 is 1.34. The van der Waals surface area contributed by atoms with Gasteiger partial charge in [0.15, 0.2) is 16.9 Å². The highest BCUT2D eigenvalue weighted by Crippen LogP contribution is 2.44. The van der Waals surface area contributed by atoms with Crippen LogP contribution < -0.4 is 19.8 Å². The van der Waals surface area contributed by atoms with E-state index in [1.54, 1.807) is 24.3 Å². The maximum atomic E-state index is 13.8. The maximum Gasteiger partial charge on any atom is 0.297 e. The highest BCUT2D eigenvalue weighted by molar-refractivity contribution is 7.15. The van der Waals surface area contributed by atoms with Gasteiger partial charge in [0.2, 0.25) is 10.9 Å². The van der Waals surface area contributed by atoms with E-state index in [0.717, 1.165) is 17.8 Å². The number of carbonyl (C=O) groups is 1. The number of anilines is 1. The Kier molecular flexibility index (Phi) is 6.97. The van der Waals surface area contributed by atoms with Crippen LogP contribution in [0.15, 0.2) is 51.7 Å². The molecule has 1 atom stereocenters. The second-order valence-electron chi connectivity index (χ2n) is 9.17. The Hall–Kier alpha value is -3.72. The summed E-state index contributed by atoms with van der Waals surface area (Å²) in [6, 6.07) is 11.7. The average Bonchev–Trinajstić information content (AvgIpc) is 3.49. The highest BCUT2D eigenvalue weighted by Gasteiger charge is 2.45. The predicted molar refractivity (Wildman–Crippen MR) is 143 cm³/mol. The third kappa shape index (κ3) is 4.48. The largest absolute Gasteiger partial charge is 0.490 e. The van der Waals surface area contributed by atoms with E-state index in [9.17, 15) is 9.59 Å². The van der Waals surface area contributed by atoms with Crippen molar-refractivity contribution in [3.05, 3.63) is 74.6 Å². The second kappa shape index (κ2) is 10.3. The summed E-state index contributed by atoms with van der Waals surface area (Å²) in [6.07, 6.45) is 1.94. The van der Waals surface area contributed by atoms with Gasteiger partial charge in [0.1, 0.15) is 10.6 Å². The Labute approximate surface area is 218 Å². The lowest BCUT2D eigenvalue weighted by molar-refractivity contribution is 0.0970. The van der Waals surface area contributed by atoms with E-state index in [2.05, 4.69) is 17.1 Å². The van der Waals surface area contributed by atoms with E-state index in [1.165, 1.54) is 16.2 Å². The monoisotopic (exact) mass is 519 g/mol. The molecule has 0 fully saturated rings. The average molecular weight is 520 g/mol. The smallest absolute Gasteiger partial charge is 0.297 e. The SMILES string of the molecule is CCCCOc1ccc([C@@H]2c3c(oc4ccccc4c3=O)C(=O)N2c2nnc(C(C)C)s2)cc1OCC. The van der Waals surface area contributed by atoms with E-state index >= 15 is 0 Å². The predicted octanol–water partition coefficient (Wildman–Crippen LogP) is 6.10. The molecule has 3 heterocycles. The molecule has 1 aliphatic heterocycles. The molecule has 9 heteroatoms. The van der Waals surface area contributed by atoms with E-state index in [-0.39, 0.29) is 22.7 Å². The molecule has 0 aliphatic carbocycles. The van der Waals surface area contributed by atoms with Gasteiger partial charge in [-0.2, -0.15) is 0 Å². The van der Waals surface area contributed by atoms with Gasteiger partial charge in [0.05, 0.1) is 30.2 Å². The number of nitrogens with zero attached hydrogens (tertiary/aromatic N) is 3. The van der Waals surface area contributed by atoms with Crippen LogP contribution >= 0.6 is 11.3 Å². The van der Waals surface area contributed by atoms with Crippen LogP contribution in [0, 0.1) is 0 Å². The molecule has 0 radical (unpaired) electrons. The molecule has 0 saturated heterocycles. The fraction of sp³-hybridized carbons (Fsp3) is 0.357. The molecule has 5 rings (SSSR count). The molecule has 4 aromatic rings. The molecule has 0 saturated carbocycles. The van der Waals surface area contributed by atoms with Crippen LogP contribution in [0.4, 0.5) is 5.13 Å². The highest BCUT2D eigenvalue weighted by atomic mass is 32.1. The Morgan fingerprint density at radius 1 is 1.05 bits per heavy atom. The van der Waals surface area contributed by atoms with Crippen molar-refractivity contribution in [2.75, 3.05) is 18.1 Å². The molecule has 0 unspecified atom stereocenters. The van der Waals surface area contributed by atoms with Gasteiger partial charge in [-0.25, -0.2) is 0 Å². The number of hydrogen-bond donors (Lipinski definition) is 0. The van der Waals surface area contributed by atoms with E-state index in [1.807, 2.05) is 39.0 Å². The number of unbranched alkanes of at least 4 members (excludes halogenated alkanes) is 1. The van der Waals surface area contributed by atoms with E-state index in [0.29, 0.717) is 46.4 Å². The molecule has 0 spiro atoms. The quantitative estimate of drug-likeness (QED) is 0.247. The Bertz CT molecular complexity index is 1510. The number of para-hydroxylation sites is 1. The molecule has 2 aromatic carbocycles. The number of carbonyl (C=O) groups excluding carboxylic acids is 1. The first-order valence-corrected chi connectivity index (χ1v) is 13.4. The second-order valence-corrected chi connectivity index (χ2v) is 10.2. The lowest BCUT2D eigenvalue weighted by Gasteiger charge is -2.23. The Morgan fingerprint density at radius 2 is 1.86 bits per heavy atom. The molecule has 8 nitrogen and oxygen atoms in total. The lowest BCUT2D eigenvalue weighted by Crippen LogP contribution is -2.29. The van der Waals surface area contributed by atoms with E-state index < -0.39 is 11.9 Å². The zero-order valence-corrected chi connectivity index (χ0v) is 22.1. The van der Waals surface area contributed by atoms with Crippen LogP contribution in [0.25, 0.3) is 11.0 Å². The zero-order valence-electron chi connectivity index (χ0n) is 21.3. The van der Waals surface area contributed by atoms with Gasteiger partial charge in [0, 0.05) is 5.92 Å². The van der Waals surface area contributed by atoms with Crippen molar-refractivity contribution in [2.24, 2.45) is 0 Å². The van der Waals surface area contributed by atoms with Crippen LogP contribution in [0.2, 0.25) is 0 Å². The van der Waals surface area contributed by atoms with Crippen molar-refractivity contribution in [3.63, 3.8) is 0 Å². The number of benzene rings is 2. The number of rotatable bonds is 9. The van der Waals surface area contributed by atoms with Crippen molar-refractivity contribution in [1.82, 2.24) is 10.2 Å². The number of fused-ring (bicyclic) bond motifs is 2. The molecule has 0 N–H and O–H groups in total. The Balaban J connectivity index is 1.69. The Morgan fingerprint density at radius 3 is 2.59 bits per heavy atom. The first kappa shape index (κ1) is 25.0. The third-order valence-corrected chi connectivity index (χ3v) is 7.47. The van der Waals surface area contributed by atoms with Gasteiger partial charge in [-0.3, -0.25) is 14.5 Å². The van der Waals surface area contributed by atoms with Gasteiger partial charge in [-0.1, -0.05) is 56.7 Å². The van der Waals surface area contributed by atoms with Gasteiger partial charge < -0.3 is 13.9 Å². The summed E-state index contributed by atoms with van der Waals surface area (Å²) in [5, 5.41) is 10.3. The van der Waals surface area contributed by atoms with Crippen LogP contribution in [0.3, 0.4) is 0 Å². The fourth-order valence-electron chi connectivity index (χ4n) is 4.40. The van der Waals surface area contributed by atoms with Crippen LogP contribution in [-0.4, -0.2) is 29.3 Å². The topological polar surface area (TPSA) is 94.8 Å². The minimum Gasteiger partial charge on any atom is -0.490 e. The zero-order chi connectivity index (χ0) is 26.1. The first-order chi connectivity index (χ1) is 17.9. The van der Waals surface area contributed by atoms with Crippen molar-refractivity contribution >= 4 is 33.3 Å². The summed E-state index contributed by atoms with van der Waals surface area (Å²) in [4.78, 5) is 29.1. The normalized spacial score (nSPS) is 15.0. The number of aromatic nitrogens is 2. The molecule has 0 bridgehead atoms. The van der Waals surface area contributed by atoms with Gasteiger partial charge >= 0.3 is 0 Å². The molecule has 1 aliphatic rings. The van der Waals surface area contributed by atoms with Crippen LogP contribution in [0.1, 0.15) is 79.2 Å². The van der Waals surface area contributed by atoms with Crippen molar-refractivity contribution in [2.45, 2.75) is 52.5 Å². The molecule has 1 amide bonds. The summed E-state index contributed by atoms with van der Waals surface area (Å²) < 4.78 is 17.9. The van der Waals surface area contributed by atoms with Crippen molar-refractivity contribution < 1.29 is 18.7 Å². The lowest BCUT2D eigenvalue weighted by atomic mass is 9.98. The number of hydrogen-bond acceptors (Lipinski definition) is 8. The summed E-state index contributed by atoms with van der Waals surface area (Å²) in [5.41, 5.74) is 1.11. The van der Waals surface area contributed by atoms with Crippen LogP contribution in [-0.2, 0) is 0 Å². The molecule has 192 valence electrons. The molecular formula is C28H29N3O5S. The van der Waals surface area contributed by atoms with Gasteiger partial charge in [-0.15, -0.1) is 10.2 Å².